The topological polar surface area (TPSA) is 350 Å². The number of ether oxygens (including phenoxy) is 13. The molecule has 101 heavy (non-hydrogen) atoms. The second kappa shape index (κ2) is 36.1. The highest BCUT2D eigenvalue weighted by Gasteiger charge is 2.61. The van der Waals surface area contributed by atoms with Crippen molar-refractivity contribution in [3.05, 3.63) is 215 Å². The number of carbonyl (C=O) groups excluding carboxylic acids is 9. The predicted molar refractivity (Wildman–Crippen MR) is 355 cm³/mol. The number of esters is 6. The van der Waals surface area contributed by atoms with Crippen molar-refractivity contribution >= 4 is 123 Å². The average molecular weight is 1520 g/mol. The average Bonchev–Trinajstić information content (AvgIpc) is 0.755. The summed E-state index contributed by atoms with van der Waals surface area (Å²) in [5.41, 5.74) is 0.00122. The zero-order valence-corrected chi connectivity index (χ0v) is 57.2. The maximum absolute atomic E-state index is 14.9. The molecule has 33 heteroatoms. The van der Waals surface area contributed by atoms with Gasteiger partial charge in [0.1, 0.15) is 43.1 Å². The van der Waals surface area contributed by atoms with Crippen LogP contribution in [0, 0.1) is 0 Å². The number of methoxy groups -OCH3 is 1. The predicted octanol–water partition coefficient (Wildman–Crippen LogP) is 6.87. The van der Waals surface area contributed by atoms with Crippen LogP contribution in [-0.2, 0) is 82.6 Å². The number of aliphatic hydroxyl groups excluding tert-OH is 2. The molecule has 5 N–H and O–H groups in total. The first-order chi connectivity index (χ1) is 48.4. The molecule has 3 amide bonds. The largest absolute Gasteiger partial charge is 0.467 e. The van der Waals surface area contributed by atoms with Gasteiger partial charge in [-0.15, -0.1) is 0 Å². The number of alkyl halides is 6. The standard InChI is InChI=1S/C68H63Cl6N3O24/c1-89-60(85)53-51(100-62-46(77-65(87)68(72,73)74)49(96-57(82)40-26-14-5-15-27-40)47(44(35-79)93-62)94-55(80)38-22-10-3-11-23-38)52(97-58(83)41-28-16-6-17-29-41)54(98-59(84)42-30-18-7-19-31-42)63(101-53)99-50-45(76-64(86)67(69,70)71)61(90-33-32-75-66(88)91-36-37-20-8-2-9-21-37)92-43(34-78)48(50)95-56(81)39-24-12-4-13-25-39/h2-31,43-54,61-63,78-79H,32-36H2,1H3,(H,75,88)(H,76,86)(H,77,87)/t43-,44-,45-,46-,47+,48+,49-,50-,51+,52+,53+,54-,61-,62+,63-/m1/s1. The third kappa shape index (κ3) is 20.5. The Morgan fingerprint density at radius 1 is 0.426 bits per heavy atom. The number of nitrogens with one attached hydrogen (secondary N) is 3. The molecule has 0 bridgehead atoms. The van der Waals surface area contributed by atoms with E-state index < -0.39 is 173 Å². The molecule has 0 unspecified atom stereocenters. The molecule has 536 valence electrons. The van der Waals surface area contributed by atoms with Gasteiger partial charge in [0.25, 0.3) is 19.4 Å². The molecule has 0 aromatic heterocycles. The molecule has 15 atom stereocenters. The second-order valence-corrected chi connectivity index (χ2v) is 26.7. The number of aliphatic hydroxyl groups is 2. The van der Waals surface area contributed by atoms with Crippen molar-refractivity contribution in [3.63, 3.8) is 0 Å². The van der Waals surface area contributed by atoms with Crippen molar-refractivity contribution in [2.75, 3.05) is 33.5 Å². The summed E-state index contributed by atoms with van der Waals surface area (Å²) in [6, 6.07) is 40.6. The fraction of sp³-hybridized carbons (Fsp3) is 0.338. The van der Waals surface area contributed by atoms with Gasteiger partial charge in [-0.2, -0.15) is 0 Å². The van der Waals surface area contributed by atoms with Gasteiger partial charge in [-0.25, -0.2) is 33.6 Å². The number of benzene rings is 6. The summed E-state index contributed by atoms with van der Waals surface area (Å²) >= 11 is 37.2. The third-order valence-corrected chi connectivity index (χ3v) is 16.4. The molecular formula is C68H63Cl6N3O24. The Bertz CT molecular complexity index is 3780. The number of amides is 3. The smallest absolute Gasteiger partial charge is 0.407 e. The zero-order valence-electron chi connectivity index (χ0n) is 52.7. The lowest BCUT2D eigenvalue weighted by Crippen LogP contribution is -2.71. The summed E-state index contributed by atoms with van der Waals surface area (Å²) < 4.78 is 74.6. The molecule has 0 aliphatic carbocycles. The Balaban J connectivity index is 1.19. The van der Waals surface area contributed by atoms with Crippen LogP contribution in [0.15, 0.2) is 182 Å². The van der Waals surface area contributed by atoms with Gasteiger partial charge in [-0.3, -0.25) is 9.59 Å². The lowest BCUT2D eigenvalue weighted by molar-refractivity contribution is -0.358. The van der Waals surface area contributed by atoms with Gasteiger partial charge in [-0.1, -0.05) is 191 Å². The van der Waals surface area contributed by atoms with Crippen molar-refractivity contribution in [1.29, 1.82) is 0 Å². The molecule has 3 heterocycles. The quantitative estimate of drug-likeness (QED) is 0.0169. The highest BCUT2D eigenvalue weighted by atomic mass is 35.6. The van der Waals surface area contributed by atoms with Crippen LogP contribution < -0.4 is 16.0 Å². The zero-order chi connectivity index (χ0) is 72.4. The van der Waals surface area contributed by atoms with E-state index in [9.17, 15) is 53.4 Å². The van der Waals surface area contributed by atoms with E-state index in [-0.39, 0.29) is 41.0 Å². The number of alkyl carbamates (subject to hydrolysis) is 1. The van der Waals surface area contributed by atoms with Gasteiger partial charge in [0.15, 0.2) is 55.5 Å². The van der Waals surface area contributed by atoms with Crippen molar-refractivity contribution < 1.29 is 115 Å². The molecule has 3 aliphatic rings. The van der Waals surface area contributed by atoms with Crippen LogP contribution in [0.2, 0.25) is 0 Å². The first-order valence-electron chi connectivity index (χ1n) is 30.6. The molecule has 0 spiro atoms. The van der Waals surface area contributed by atoms with Crippen LogP contribution in [0.4, 0.5) is 4.79 Å². The van der Waals surface area contributed by atoms with E-state index in [0.29, 0.717) is 5.56 Å². The molecule has 6 aromatic rings. The second-order valence-electron chi connectivity index (χ2n) is 22.1. The Hall–Kier alpha value is -8.23. The van der Waals surface area contributed by atoms with E-state index >= 15 is 0 Å². The number of rotatable bonds is 25. The van der Waals surface area contributed by atoms with Crippen molar-refractivity contribution in [3.8, 4) is 0 Å². The summed E-state index contributed by atoms with van der Waals surface area (Å²) in [5, 5.41) is 29.8. The van der Waals surface area contributed by atoms with Crippen LogP contribution in [0.25, 0.3) is 0 Å². The van der Waals surface area contributed by atoms with Gasteiger partial charge in [0.2, 0.25) is 0 Å². The van der Waals surface area contributed by atoms with Crippen LogP contribution in [0.1, 0.15) is 57.4 Å². The van der Waals surface area contributed by atoms with E-state index in [1.54, 1.807) is 60.7 Å². The molecule has 9 rings (SSSR count). The minimum absolute atomic E-state index is 0.0599. The highest BCUT2D eigenvalue weighted by Crippen LogP contribution is 2.40. The van der Waals surface area contributed by atoms with E-state index in [1.807, 2.05) is 0 Å². The van der Waals surface area contributed by atoms with Crippen LogP contribution in [0.3, 0.4) is 0 Å². The van der Waals surface area contributed by atoms with Gasteiger partial charge in [-0.05, 0) is 66.2 Å². The van der Waals surface area contributed by atoms with Crippen molar-refractivity contribution in [2.45, 2.75) is 106 Å². The van der Waals surface area contributed by atoms with Gasteiger partial charge in [0.05, 0.1) is 54.7 Å². The minimum Gasteiger partial charge on any atom is -0.467 e. The molecule has 3 aliphatic heterocycles. The SMILES string of the molecule is COC(=O)[C@H]1O[C@@H](O[C@@H]2[C@@H](NC(=O)C(Cl)(Cl)Cl)[C@H](OCCNC(=O)OCc3ccccc3)O[C@H](CO)[C@@H]2OC(=O)c2ccccc2)[C@H](OC(=O)c2ccccc2)[C@@H](OC(=O)c2ccccc2)[C@@H]1O[C@@H]1O[C@H](CO)[C@H](OC(=O)c2ccccc2)[C@H](OC(=O)c2ccccc2)[C@H]1NC(=O)C(Cl)(Cl)Cl. The number of hydrogen-bond acceptors (Lipinski definition) is 24. The molecular weight excluding hydrogens is 1460 g/mol. The summed E-state index contributed by atoms with van der Waals surface area (Å²) in [5.74, 6) is -10.2. The molecule has 27 nitrogen and oxygen atoms in total. The Morgan fingerprint density at radius 2 is 0.782 bits per heavy atom. The molecule has 0 saturated carbocycles. The fourth-order valence-electron chi connectivity index (χ4n) is 10.6. The lowest BCUT2D eigenvalue weighted by Gasteiger charge is -2.50. The fourth-order valence-corrected chi connectivity index (χ4v) is 10.9. The number of halogens is 6. The molecule has 3 saturated heterocycles. The Morgan fingerprint density at radius 3 is 1.19 bits per heavy atom. The first kappa shape index (κ1) is 76.9. The van der Waals surface area contributed by atoms with Crippen molar-refractivity contribution in [1.82, 2.24) is 16.0 Å². The van der Waals surface area contributed by atoms with Gasteiger partial charge < -0.3 is 87.7 Å². The third-order valence-electron chi connectivity index (χ3n) is 15.4. The maximum atomic E-state index is 14.9. The Labute approximate surface area is 605 Å². The van der Waals surface area contributed by atoms with E-state index in [4.69, 9.17) is 131 Å². The summed E-state index contributed by atoms with van der Waals surface area (Å²) in [4.78, 5) is 129. The van der Waals surface area contributed by atoms with E-state index in [1.165, 1.54) is 121 Å². The summed E-state index contributed by atoms with van der Waals surface area (Å²) in [7, 11) is 0.879. The first-order valence-corrected chi connectivity index (χ1v) is 32.9. The van der Waals surface area contributed by atoms with Crippen LogP contribution in [-0.4, -0.2) is 197 Å². The maximum Gasteiger partial charge on any atom is 0.407 e. The number of hydrogen-bond donors (Lipinski definition) is 5. The molecule has 6 aromatic carbocycles. The monoisotopic (exact) mass is 1520 g/mol. The van der Waals surface area contributed by atoms with Crippen molar-refractivity contribution in [2.24, 2.45) is 0 Å². The summed E-state index contributed by atoms with van der Waals surface area (Å²) in [6.45, 7) is -3.14. The van der Waals surface area contributed by atoms with E-state index in [2.05, 4.69) is 16.0 Å². The van der Waals surface area contributed by atoms with Gasteiger partial charge >= 0.3 is 41.9 Å². The van der Waals surface area contributed by atoms with Crippen LogP contribution >= 0.6 is 69.6 Å². The lowest BCUT2D eigenvalue weighted by atomic mass is 9.93. The van der Waals surface area contributed by atoms with E-state index in [0.717, 1.165) is 7.11 Å². The van der Waals surface area contributed by atoms with Gasteiger partial charge in [0, 0.05) is 6.54 Å². The Kier molecular flexibility index (Phi) is 27.5. The minimum atomic E-state index is -2.87. The summed E-state index contributed by atoms with van der Waals surface area (Å²) in [6.07, 6.45) is -28.9. The highest BCUT2D eigenvalue weighted by molar-refractivity contribution is 6.76. The normalized spacial score (nSPS) is 24.9. The van der Waals surface area contributed by atoms with Crippen LogP contribution in [0.5, 0.6) is 0 Å². The molecule has 3 fully saturated rings. The molecule has 0 radical (unpaired) electrons. The number of carbonyl (C=O) groups is 9.